The fourth-order valence-electron chi connectivity index (χ4n) is 2.45. The van der Waals surface area contributed by atoms with Crippen LogP contribution < -0.4 is 10.1 Å². The molecule has 2 rings (SSSR count). The molecule has 3 heteroatoms. The lowest BCUT2D eigenvalue weighted by Gasteiger charge is -2.22. The first-order chi connectivity index (χ1) is 8.75. The topological polar surface area (TPSA) is 21.3 Å². The normalized spacial score (nSPS) is 16.8. The molecule has 1 aliphatic rings. The minimum atomic E-state index is 0.712. The van der Waals surface area contributed by atoms with Crippen molar-refractivity contribution in [3.8, 4) is 5.75 Å². The summed E-state index contributed by atoms with van der Waals surface area (Å²) in [4.78, 5) is 0. The van der Waals surface area contributed by atoms with Gasteiger partial charge in [0.2, 0.25) is 0 Å². The Labute approximate surface area is 118 Å². The molecule has 0 radical (unpaired) electrons. The third kappa shape index (κ3) is 4.29. The number of benzene rings is 1. The van der Waals surface area contributed by atoms with Crippen molar-refractivity contribution in [2.45, 2.75) is 45.1 Å². The predicted octanol–water partition coefficient (Wildman–Crippen LogP) is 4.06. The van der Waals surface area contributed by atoms with Gasteiger partial charge in [0.1, 0.15) is 12.4 Å². The van der Waals surface area contributed by atoms with Gasteiger partial charge in [-0.1, -0.05) is 25.3 Å². The van der Waals surface area contributed by atoms with E-state index >= 15 is 0 Å². The molecular weight excluding hydrogens is 290 g/mol. The van der Waals surface area contributed by atoms with E-state index in [1.165, 1.54) is 37.7 Å². The lowest BCUT2D eigenvalue weighted by molar-refractivity contribution is 0.288. The van der Waals surface area contributed by atoms with E-state index in [1.54, 1.807) is 0 Å². The molecule has 0 aliphatic heterocycles. The Morgan fingerprint density at radius 2 is 2.06 bits per heavy atom. The van der Waals surface area contributed by atoms with Crippen molar-refractivity contribution in [2.24, 2.45) is 0 Å². The zero-order chi connectivity index (χ0) is 12.8. The highest BCUT2D eigenvalue weighted by Gasteiger charge is 2.11. The van der Waals surface area contributed by atoms with Crippen molar-refractivity contribution >= 4 is 15.9 Å². The molecule has 1 aliphatic carbocycles. The molecule has 0 amide bonds. The van der Waals surface area contributed by atoms with Crippen LogP contribution in [-0.2, 0) is 0 Å². The van der Waals surface area contributed by atoms with Gasteiger partial charge in [-0.2, -0.15) is 0 Å². The second kappa shape index (κ2) is 7.15. The highest BCUT2D eigenvalue weighted by atomic mass is 79.9. The molecule has 0 heterocycles. The summed E-state index contributed by atoms with van der Waals surface area (Å²) in [5.41, 5.74) is 1.24. The van der Waals surface area contributed by atoms with Crippen LogP contribution in [0.2, 0.25) is 0 Å². The Morgan fingerprint density at radius 3 is 2.78 bits per heavy atom. The number of ether oxygens (including phenoxy) is 1. The van der Waals surface area contributed by atoms with Crippen molar-refractivity contribution in [1.82, 2.24) is 5.32 Å². The van der Waals surface area contributed by atoms with E-state index in [2.05, 4.69) is 40.3 Å². The van der Waals surface area contributed by atoms with Crippen molar-refractivity contribution in [2.75, 3.05) is 13.2 Å². The molecular formula is C15H22BrNO. The molecule has 0 saturated heterocycles. The highest BCUT2D eigenvalue weighted by molar-refractivity contribution is 9.10. The number of nitrogens with one attached hydrogen (secondary N) is 1. The highest BCUT2D eigenvalue weighted by Crippen LogP contribution is 2.25. The van der Waals surface area contributed by atoms with Gasteiger partial charge in [0.15, 0.2) is 0 Å². The van der Waals surface area contributed by atoms with E-state index in [4.69, 9.17) is 4.74 Å². The Bertz CT molecular complexity index is 375. The quantitative estimate of drug-likeness (QED) is 0.828. The van der Waals surface area contributed by atoms with Crippen LogP contribution in [0, 0.1) is 6.92 Å². The summed E-state index contributed by atoms with van der Waals surface area (Å²) in [6.07, 6.45) is 6.82. The second-order valence-electron chi connectivity index (χ2n) is 5.07. The summed E-state index contributed by atoms with van der Waals surface area (Å²) in [6, 6.07) is 6.90. The van der Waals surface area contributed by atoms with Gasteiger partial charge in [-0.05, 0) is 53.4 Å². The van der Waals surface area contributed by atoms with Gasteiger partial charge < -0.3 is 10.1 Å². The molecule has 1 fully saturated rings. The van der Waals surface area contributed by atoms with Crippen LogP contribution in [0.15, 0.2) is 22.7 Å². The van der Waals surface area contributed by atoms with Gasteiger partial charge >= 0.3 is 0 Å². The van der Waals surface area contributed by atoms with Crippen LogP contribution in [0.3, 0.4) is 0 Å². The van der Waals surface area contributed by atoms with Gasteiger partial charge in [-0.25, -0.2) is 0 Å². The summed E-state index contributed by atoms with van der Waals surface area (Å²) >= 11 is 3.53. The fourth-order valence-corrected chi connectivity index (χ4v) is 3.06. The van der Waals surface area contributed by atoms with Gasteiger partial charge in [0.25, 0.3) is 0 Å². The zero-order valence-corrected chi connectivity index (χ0v) is 12.6. The Balaban J connectivity index is 1.68. The van der Waals surface area contributed by atoms with Crippen LogP contribution in [0.5, 0.6) is 5.75 Å². The standard InChI is InChI=1S/C15H22BrNO/c1-12-7-8-15(14(16)11-12)18-10-9-17-13-5-3-2-4-6-13/h7-8,11,13,17H,2-6,9-10H2,1H3. The van der Waals surface area contributed by atoms with Gasteiger partial charge in [-0.3, -0.25) is 0 Å². The number of hydrogen-bond donors (Lipinski definition) is 1. The van der Waals surface area contributed by atoms with Gasteiger partial charge in [-0.15, -0.1) is 0 Å². The van der Waals surface area contributed by atoms with Crippen LogP contribution in [0.25, 0.3) is 0 Å². The molecule has 0 bridgehead atoms. The summed E-state index contributed by atoms with van der Waals surface area (Å²) < 4.78 is 6.82. The molecule has 100 valence electrons. The summed E-state index contributed by atoms with van der Waals surface area (Å²) in [6.45, 7) is 3.75. The fraction of sp³-hybridized carbons (Fsp3) is 0.600. The van der Waals surface area contributed by atoms with E-state index in [9.17, 15) is 0 Å². The average Bonchev–Trinajstić information content (AvgIpc) is 2.38. The smallest absolute Gasteiger partial charge is 0.133 e. The molecule has 18 heavy (non-hydrogen) atoms. The summed E-state index contributed by atoms with van der Waals surface area (Å²) in [5, 5.41) is 3.58. The Hall–Kier alpha value is -0.540. The molecule has 1 N–H and O–H groups in total. The van der Waals surface area contributed by atoms with Gasteiger partial charge in [0, 0.05) is 12.6 Å². The third-order valence-electron chi connectivity index (χ3n) is 3.49. The predicted molar refractivity (Wildman–Crippen MR) is 79.2 cm³/mol. The number of aryl methyl sites for hydroxylation is 1. The first kappa shape index (κ1) is 13.9. The molecule has 0 atom stereocenters. The van der Waals surface area contributed by atoms with Gasteiger partial charge in [0.05, 0.1) is 4.47 Å². The van der Waals surface area contributed by atoms with Crippen molar-refractivity contribution in [1.29, 1.82) is 0 Å². The Morgan fingerprint density at radius 1 is 1.28 bits per heavy atom. The lowest BCUT2D eigenvalue weighted by Crippen LogP contribution is -2.34. The third-order valence-corrected chi connectivity index (χ3v) is 4.10. The Kier molecular flexibility index (Phi) is 5.51. The van der Waals surface area contributed by atoms with Crippen LogP contribution in [0.1, 0.15) is 37.7 Å². The molecule has 2 nitrogen and oxygen atoms in total. The average molecular weight is 312 g/mol. The van der Waals surface area contributed by atoms with Crippen LogP contribution in [-0.4, -0.2) is 19.2 Å². The first-order valence-electron chi connectivity index (χ1n) is 6.88. The van der Waals surface area contributed by atoms with E-state index in [1.807, 2.05) is 6.07 Å². The molecule has 1 aromatic carbocycles. The minimum Gasteiger partial charge on any atom is -0.491 e. The van der Waals surface area contributed by atoms with E-state index in [0.29, 0.717) is 6.04 Å². The molecule has 0 aromatic heterocycles. The van der Waals surface area contributed by atoms with Crippen LogP contribution >= 0.6 is 15.9 Å². The first-order valence-corrected chi connectivity index (χ1v) is 7.67. The summed E-state index contributed by atoms with van der Waals surface area (Å²) in [7, 11) is 0. The molecule has 1 aromatic rings. The monoisotopic (exact) mass is 311 g/mol. The summed E-state index contributed by atoms with van der Waals surface area (Å²) in [5.74, 6) is 0.936. The van der Waals surface area contributed by atoms with E-state index in [0.717, 1.165) is 23.4 Å². The van der Waals surface area contributed by atoms with E-state index in [-0.39, 0.29) is 0 Å². The van der Waals surface area contributed by atoms with Crippen molar-refractivity contribution in [3.63, 3.8) is 0 Å². The molecule has 0 spiro atoms. The number of rotatable bonds is 5. The largest absolute Gasteiger partial charge is 0.491 e. The minimum absolute atomic E-state index is 0.712. The molecule has 0 unspecified atom stereocenters. The van der Waals surface area contributed by atoms with Crippen molar-refractivity contribution < 1.29 is 4.74 Å². The maximum atomic E-state index is 5.77. The maximum absolute atomic E-state index is 5.77. The molecule has 1 saturated carbocycles. The lowest BCUT2D eigenvalue weighted by atomic mass is 9.96. The maximum Gasteiger partial charge on any atom is 0.133 e. The van der Waals surface area contributed by atoms with Crippen molar-refractivity contribution in [3.05, 3.63) is 28.2 Å². The van der Waals surface area contributed by atoms with Crippen LogP contribution in [0.4, 0.5) is 0 Å². The second-order valence-corrected chi connectivity index (χ2v) is 5.93. The number of hydrogen-bond acceptors (Lipinski definition) is 2. The number of halogens is 1. The zero-order valence-electron chi connectivity index (χ0n) is 11.0. The van der Waals surface area contributed by atoms with E-state index < -0.39 is 0 Å². The SMILES string of the molecule is Cc1ccc(OCCNC2CCCCC2)c(Br)c1.